The van der Waals surface area contributed by atoms with E-state index in [0.717, 1.165) is 5.56 Å². The van der Waals surface area contributed by atoms with Crippen LogP contribution in [-0.4, -0.2) is 33.5 Å². The van der Waals surface area contributed by atoms with Crippen LogP contribution in [0.4, 0.5) is 0 Å². The maximum absolute atomic E-state index is 12.1. The molecule has 0 aromatic heterocycles. The maximum Gasteiger partial charge on any atom is 0.331 e. The summed E-state index contributed by atoms with van der Waals surface area (Å²) in [5.74, 6) is -0.976. The summed E-state index contributed by atoms with van der Waals surface area (Å²) in [6.45, 7) is 0. The average Bonchev–Trinajstić information content (AvgIpc) is 2.46. The fourth-order valence-corrected chi connectivity index (χ4v) is 3.05. The molecule has 1 rings (SSSR count). The first-order valence-corrected chi connectivity index (χ1v) is 7.59. The van der Waals surface area contributed by atoms with Crippen LogP contribution in [0, 0.1) is 5.92 Å². The molecule has 0 N–H and O–H groups in total. The molecule has 1 aromatic rings. The Morgan fingerprint density at radius 1 is 1.16 bits per heavy atom. The first-order valence-electron chi connectivity index (χ1n) is 5.87. The molecule has 1 atom stereocenters. The Bertz CT molecular complexity index is 438. The molecule has 0 bridgehead atoms. The number of hydrogen-bond donors (Lipinski definition) is 0. The summed E-state index contributed by atoms with van der Waals surface area (Å²) in [5.41, 5.74) is 0.969. The number of carbonyl (C=O) groups excluding carboxylic acids is 1. The van der Waals surface area contributed by atoms with Gasteiger partial charge in [0.25, 0.3) is 0 Å². The van der Waals surface area contributed by atoms with Crippen LogP contribution in [0.5, 0.6) is 0 Å². The van der Waals surface area contributed by atoms with Gasteiger partial charge >= 0.3 is 13.6 Å². The van der Waals surface area contributed by atoms with E-state index in [4.69, 9.17) is 13.8 Å². The van der Waals surface area contributed by atoms with Gasteiger partial charge in [-0.15, -0.1) is 0 Å². The topological polar surface area (TPSA) is 61.8 Å². The van der Waals surface area contributed by atoms with E-state index >= 15 is 0 Å². The van der Waals surface area contributed by atoms with Crippen LogP contribution >= 0.6 is 7.60 Å². The minimum absolute atomic E-state index is 0.00156. The predicted molar refractivity (Wildman–Crippen MR) is 72.1 cm³/mol. The summed E-state index contributed by atoms with van der Waals surface area (Å²) in [7, 11) is 0.682. The first kappa shape index (κ1) is 15.9. The van der Waals surface area contributed by atoms with Gasteiger partial charge in [-0.1, -0.05) is 30.3 Å². The molecule has 5 nitrogen and oxygen atoms in total. The lowest BCUT2D eigenvalue weighted by Gasteiger charge is -2.19. The molecule has 0 radical (unpaired) electrons. The first-order chi connectivity index (χ1) is 9.04. The van der Waals surface area contributed by atoms with Crippen molar-refractivity contribution in [1.29, 1.82) is 0 Å². The molecule has 0 amide bonds. The summed E-state index contributed by atoms with van der Waals surface area (Å²) in [4.78, 5) is 11.8. The van der Waals surface area contributed by atoms with Crippen LogP contribution in [0.15, 0.2) is 30.3 Å². The van der Waals surface area contributed by atoms with Gasteiger partial charge in [-0.25, -0.2) is 0 Å². The van der Waals surface area contributed by atoms with Gasteiger partial charge in [0.15, 0.2) is 0 Å². The molecular weight excluding hydrogens is 267 g/mol. The van der Waals surface area contributed by atoms with Gasteiger partial charge in [0, 0.05) is 14.2 Å². The second kappa shape index (κ2) is 7.43. The van der Waals surface area contributed by atoms with Crippen molar-refractivity contribution in [2.24, 2.45) is 5.92 Å². The zero-order valence-corrected chi connectivity index (χ0v) is 12.3. The summed E-state index contributed by atoms with van der Waals surface area (Å²) in [6.07, 6.45) is 0.436. The Morgan fingerprint density at radius 3 is 2.21 bits per heavy atom. The minimum atomic E-state index is -3.24. The number of ether oxygens (including phenoxy) is 1. The Hall–Kier alpha value is -1.16. The smallest absolute Gasteiger partial charge is 0.331 e. The van der Waals surface area contributed by atoms with E-state index in [-0.39, 0.29) is 6.16 Å². The SMILES string of the molecule is COC(=O)C(Cc1ccccc1)CP(=O)(OC)OC. The molecule has 19 heavy (non-hydrogen) atoms. The van der Waals surface area contributed by atoms with E-state index in [2.05, 4.69) is 0 Å². The third kappa shape index (κ3) is 4.78. The maximum atomic E-state index is 12.1. The van der Waals surface area contributed by atoms with E-state index in [1.54, 1.807) is 0 Å². The Labute approximate surface area is 113 Å². The van der Waals surface area contributed by atoms with Crippen molar-refractivity contribution in [2.45, 2.75) is 6.42 Å². The lowest BCUT2D eigenvalue weighted by Crippen LogP contribution is -2.23. The second-order valence-electron chi connectivity index (χ2n) is 4.07. The number of hydrogen-bond acceptors (Lipinski definition) is 5. The number of rotatable bonds is 7. The van der Waals surface area contributed by atoms with E-state index < -0.39 is 19.5 Å². The second-order valence-corrected chi connectivity index (χ2v) is 6.39. The number of carbonyl (C=O) groups is 1. The van der Waals surface area contributed by atoms with E-state index in [1.165, 1.54) is 21.3 Å². The van der Waals surface area contributed by atoms with Crippen molar-refractivity contribution in [2.75, 3.05) is 27.5 Å². The highest BCUT2D eigenvalue weighted by Crippen LogP contribution is 2.48. The molecule has 6 heteroatoms. The summed E-state index contributed by atoms with van der Waals surface area (Å²) >= 11 is 0. The standard InChI is InChI=1S/C13H19O5P/c1-16-13(14)12(10-19(15,17-2)18-3)9-11-7-5-4-6-8-11/h4-8,12H,9-10H2,1-3H3. The highest BCUT2D eigenvalue weighted by Gasteiger charge is 2.31. The molecule has 0 saturated heterocycles. The zero-order chi connectivity index (χ0) is 14.3. The third-order valence-corrected chi connectivity index (χ3v) is 4.86. The van der Waals surface area contributed by atoms with E-state index in [9.17, 15) is 9.36 Å². The van der Waals surface area contributed by atoms with Crippen LogP contribution < -0.4 is 0 Å². The van der Waals surface area contributed by atoms with Crippen LogP contribution in [-0.2, 0) is 29.6 Å². The van der Waals surface area contributed by atoms with Crippen molar-refractivity contribution < 1.29 is 23.1 Å². The molecule has 0 heterocycles. The van der Waals surface area contributed by atoms with E-state index in [1.807, 2.05) is 30.3 Å². The highest BCUT2D eigenvalue weighted by molar-refractivity contribution is 7.53. The Balaban J connectivity index is 2.84. The molecule has 1 aromatic carbocycles. The van der Waals surface area contributed by atoms with Crippen molar-refractivity contribution in [1.82, 2.24) is 0 Å². The molecule has 0 aliphatic rings. The molecule has 1 unspecified atom stereocenters. The van der Waals surface area contributed by atoms with Crippen molar-refractivity contribution in [3.8, 4) is 0 Å². The lowest BCUT2D eigenvalue weighted by molar-refractivity contribution is -0.144. The summed E-state index contributed by atoms with van der Waals surface area (Å²) in [5, 5.41) is 0. The monoisotopic (exact) mass is 286 g/mol. The van der Waals surface area contributed by atoms with Crippen molar-refractivity contribution in [3.63, 3.8) is 0 Å². The van der Waals surface area contributed by atoms with Gasteiger partial charge in [-0.2, -0.15) is 0 Å². The van der Waals surface area contributed by atoms with Crippen LogP contribution in [0.3, 0.4) is 0 Å². The highest BCUT2D eigenvalue weighted by atomic mass is 31.2. The number of esters is 1. The molecule has 0 saturated carbocycles. The lowest BCUT2D eigenvalue weighted by atomic mass is 10.0. The largest absolute Gasteiger partial charge is 0.469 e. The minimum Gasteiger partial charge on any atom is -0.469 e. The molecule has 0 spiro atoms. The van der Waals surface area contributed by atoms with Crippen LogP contribution in [0.25, 0.3) is 0 Å². The predicted octanol–water partition coefficient (Wildman–Crippen LogP) is 2.50. The van der Waals surface area contributed by atoms with Gasteiger partial charge in [-0.05, 0) is 12.0 Å². The molecule has 0 aliphatic heterocycles. The summed E-state index contributed by atoms with van der Waals surface area (Å²) in [6, 6.07) is 9.47. The van der Waals surface area contributed by atoms with Crippen molar-refractivity contribution >= 4 is 13.6 Å². The van der Waals surface area contributed by atoms with Crippen LogP contribution in [0.2, 0.25) is 0 Å². The van der Waals surface area contributed by atoms with E-state index in [0.29, 0.717) is 6.42 Å². The fourth-order valence-electron chi connectivity index (χ4n) is 1.78. The molecule has 106 valence electrons. The van der Waals surface area contributed by atoms with Gasteiger partial charge < -0.3 is 13.8 Å². The van der Waals surface area contributed by atoms with Gasteiger partial charge in [-0.3, -0.25) is 9.36 Å². The zero-order valence-electron chi connectivity index (χ0n) is 11.4. The quantitative estimate of drug-likeness (QED) is 0.569. The third-order valence-electron chi connectivity index (χ3n) is 2.86. The van der Waals surface area contributed by atoms with Gasteiger partial charge in [0.2, 0.25) is 0 Å². The van der Waals surface area contributed by atoms with Gasteiger partial charge in [0.05, 0.1) is 19.2 Å². The van der Waals surface area contributed by atoms with Gasteiger partial charge in [0.1, 0.15) is 0 Å². The molecule has 0 aliphatic carbocycles. The van der Waals surface area contributed by atoms with Crippen LogP contribution in [0.1, 0.15) is 5.56 Å². The fraction of sp³-hybridized carbons (Fsp3) is 0.462. The number of methoxy groups -OCH3 is 1. The molecular formula is C13H19O5P. The summed E-state index contributed by atoms with van der Waals surface area (Å²) < 4.78 is 26.6. The Kier molecular flexibility index (Phi) is 6.22. The normalized spacial score (nSPS) is 13.0. The average molecular weight is 286 g/mol. The van der Waals surface area contributed by atoms with Crippen molar-refractivity contribution in [3.05, 3.63) is 35.9 Å². The number of benzene rings is 1. The molecule has 0 fully saturated rings. The Morgan fingerprint density at radius 2 is 1.74 bits per heavy atom.